The molecule has 0 bridgehead atoms. The van der Waals surface area contributed by atoms with Crippen LogP contribution in [0.1, 0.15) is 18.8 Å². The molecule has 4 heteroatoms. The van der Waals surface area contributed by atoms with Gasteiger partial charge in [0.1, 0.15) is 11.9 Å². The Kier molecular flexibility index (Phi) is 2.25. The van der Waals surface area contributed by atoms with Crippen molar-refractivity contribution in [2.75, 3.05) is 0 Å². The lowest BCUT2D eigenvalue weighted by Crippen LogP contribution is -1.85. The third-order valence-electron chi connectivity index (χ3n) is 1.81. The minimum atomic E-state index is -0.566. The summed E-state index contributed by atoms with van der Waals surface area (Å²) in [5, 5.41) is 10.2. The van der Waals surface area contributed by atoms with E-state index in [0.29, 0.717) is 5.76 Å². The number of hydrogen-bond donors (Lipinski definition) is 1. The van der Waals surface area contributed by atoms with Crippen molar-refractivity contribution in [2.24, 2.45) is 0 Å². The summed E-state index contributed by atoms with van der Waals surface area (Å²) in [6.45, 7) is 1.68. The number of halogens is 1. The summed E-state index contributed by atoms with van der Waals surface area (Å²) >= 11 is 2.16. The molecule has 0 spiro atoms. The van der Waals surface area contributed by atoms with E-state index in [1.165, 1.54) is 0 Å². The van der Waals surface area contributed by atoms with E-state index >= 15 is 0 Å². The van der Waals surface area contributed by atoms with E-state index in [4.69, 9.17) is 4.42 Å². The Bertz CT molecular complexity index is 436. The molecule has 0 saturated carbocycles. The van der Waals surface area contributed by atoms with Gasteiger partial charge in [-0.3, -0.25) is 4.98 Å². The van der Waals surface area contributed by atoms with Crippen LogP contribution in [0, 0.1) is 3.57 Å². The van der Waals surface area contributed by atoms with Gasteiger partial charge in [-0.15, -0.1) is 0 Å². The van der Waals surface area contributed by atoms with E-state index in [-0.39, 0.29) is 0 Å². The molecule has 1 unspecified atom stereocenters. The molecular weight excluding hydrogens is 281 g/mol. The summed E-state index contributed by atoms with van der Waals surface area (Å²) in [6.07, 6.45) is 2.90. The maximum absolute atomic E-state index is 9.30. The molecular formula is C9H8INO2. The monoisotopic (exact) mass is 289 g/mol. The highest BCUT2D eigenvalue weighted by Gasteiger charge is 2.10. The number of furan rings is 1. The standard InChI is InChI=1S/C9H8INO2/c1-5(12)8-2-6-3-11-4-7(10)9(6)13-8/h2-5,12H,1H3. The molecule has 0 aliphatic carbocycles. The van der Waals surface area contributed by atoms with Crippen LogP contribution >= 0.6 is 22.6 Å². The molecule has 2 rings (SSSR count). The number of aliphatic hydroxyl groups excluding tert-OH is 1. The maximum atomic E-state index is 9.30. The minimum absolute atomic E-state index is 0.566. The van der Waals surface area contributed by atoms with Gasteiger partial charge in [-0.1, -0.05) is 0 Å². The number of nitrogens with zero attached hydrogens (tertiary/aromatic N) is 1. The molecule has 0 saturated heterocycles. The van der Waals surface area contributed by atoms with E-state index in [2.05, 4.69) is 27.6 Å². The Balaban J connectivity index is 2.68. The highest BCUT2D eigenvalue weighted by molar-refractivity contribution is 14.1. The SMILES string of the molecule is CC(O)c1cc2cncc(I)c2o1. The van der Waals surface area contributed by atoms with Crippen LogP contribution in [-0.4, -0.2) is 10.1 Å². The van der Waals surface area contributed by atoms with Crippen LogP contribution in [0.3, 0.4) is 0 Å². The van der Waals surface area contributed by atoms with Crippen molar-refractivity contribution in [1.29, 1.82) is 0 Å². The minimum Gasteiger partial charge on any atom is -0.457 e. The molecule has 0 aromatic carbocycles. The molecule has 0 fully saturated rings. The van der Waals surface area contributed by atoms with Crippen LogP contribution in [-0.2, 0) is 0 Å². The Morgan fingerprint density at radius 1 is 1.54 bits per heavy atom. The van der Waals surface area contributed by atoms with Crippen LogP contribution in [0.4, 0.5) is 0 Å². The summed E-state index contributed by atoms with van der Waals surface area (Å²) in [5.74, 6) is 0.584. The molecule has 0 aliphatic heterocycles. The van der Waals surface area contributed by atoms with Crippen molar-refractivity contribution in [3.63, 3.8) is 0 Å². The van der Waals surface area contributed by atoms with E-state index in [0.717, 1.165) is 14.5 Å². The van der Waals surface area contributed by atoms with Crippen molar-refractivity contribution >= 4 is 33.6 Å². The fourth-order valence-corrected chi connectivity index (χ4v) is 1.74. The van der Waals surface area contributed by atoms with Crippen LogP contribution in [0.25, 0.3) is 11.0 Å². The normalized spacial score (nSPS) is 13.5. The Labute approximate surface area is 88.9 Å². The summed E-state index contributed by atoms with van der Waals surface area (Å²) in [6, 6.07) is 1.81. The number of pyridine rings is 1. The molecule has 2 aromatic rings. The zero-order chi connectivity index (χ0) is 9.42. The number of rotatable bonds is 1. The first kappa shape index (κ1) is 8.96. The van der Waals surface area contributed by atoms with E-state index in [1.54, 1.807) is 19.3 Å². The summed E-state index contributed by atoms with van der Waals surface area (Å²) < 4.78 is 6.42. The molecule has 1 N–H and O–H groups in total. The Hall–Kier alpha value is -0.620. The van der Waals surface area contributed by atoms with Gasteiger partial charge in [0, 0.05) is 17.8 Å². The molecule has 3 nitrogen and oxygen atoms in total. The first-order chi connectivity index (χ1) is 6.18. The van der Waals surface area contributed by atoms with Gasteiger partial charge < -0.3 is 9.52 Å². The van der Waals surface area contributed by atoms with Crippen molar-refractivity contribution in [3.05, 3.63) is 27.8 Å². The third kappa shape index (κ3) is 1.55. The highest BCUT2D eigenvalue weighted by atomic mass is 127. The van der Waals surface area contributed by atoms with Crippen LogP contribution < -0.4 is 0 Å². The molecule has 0 amide bonds. The van der Waals surface area contributed by atoms with Crippen molar-refractivity contribution in [3.8, 4) is 0 Å². The van der Waals surface area contributed by atoms with Crippen LogP contribution in [0.2, 0.25) is 0 Å². The second-order valence-corrected chi connectivity index (χ2v) is 4.03. The molecule has 13 heavy (non-hydrogen) atoms. The van der Waals surface area contributed by atoms with Gasteiger partial charge >= 0.3 is 0 Å². The lowest BCUT2D eigenvalue weighted by atomic mass is 10.3. The quantitative estimate of drug-likeness (QED) is 0.820. The van der Waals surface area contributed by atoms with Gasteiger partial charge in [0.15, 0.2) is 5.58 Å². The lowest BCUT2D eigenvalue weighted by molar-refractivity contribution is 0.172. The highest BCUT2D eigenvalue weighted by Crippen LogP contribution is 2.26. The Morgan fingerprint density at radius 3 is 2.92 bits per heavy atom. The van der Waals surface area contributed by atoms with E-state index in [9.17, 15) is 5.11 Å². The largest absolute Gasteiger partial charge is 0.457 e. The number of aromatic nitrogens is 1. The average molecular weight is 289 g/mol. The molecule has 0 radical (unpaired) electrons. The van der Waals surface area contributed by atoms with E-state index < -0.39 is 6.10 Å². The molecule has 0 aliphatic rings. The Morgan fingerprint density at radius 2 is 2.31 bits per heavy atom. The second-order valence-electron chi connectivity index (χ2n) is 2.86. The summed E-state index contributed by atoms with van der Waals surface area (Å²) in [7, 11) is 0. The van der Waals surface area contributed by atoms with Gasteiger partial charge in [-0.05, 0) is 35.6 Å². The van der Waals surface area contributed by atoms with Crippen molar-refractivity contribution < 1.29 is 9.52 Å². The summed E-state index contributed by atoms with van der Waals surface area (Å²) in [5.41, 5.74) is 0.798. The topological polar surface area (TPSA) is 46.3 Å². The van der Waals surface area contributed by atoms with Crippen molar-refractivity contribution in [1.82, 2.24) is 4.98 Å². The second kappa shape index (κ2) is 3.26. The first-order valence-electron chi connectivity index (χ1n) is 3.89. The van der Waals surface area contributed by atoms with Crippen molar-refractivity contribution in [2.45, 2.75) is 13.0 Å². The van der Waals surface area contributed by atoms with Crippen LogP contribution in [0.15, 0.2) is 22.9 Å². The van der Waals surface area contributed by atoms with Gasteiger partial charge in [-0.25, -0.2) is 0 Å². The van der Waals surface area contributed by atoms with Gasteiger partial charge in [0.25, 0.3) is 0 Å². The number of hydrogen-bond acceptors (Lipinski definition) is 3. The predicted molar refractivity (Wildman–Crippen MR) is 57.4 cm³/mol. The molecule has 68 valence electrons. The lowest BCUT2D eigenvalue weighted by Gasteiger charge is -1.95. The van der Waals surface area contributed by atoms with E-state index in [1.807, 2.05) is 6.07 Å². The fraction of sp³-hybridized carbons (Fsp3) is 0.222. The molecule has 1 atom stereocenters. The number of fused-ring (bicyclic) bond motifs is 1. The van der Waals surface area contributed by atoms with Gasteiger partial charge in [0.2, 0.25) is 0 Å². The summed E-state index contributed by atoms with van der Waals surface area (Å²) in [4.78, 5) is 4.04. The molecule has 2 aromatic heterocycles. The predicted octanol–water partition coefficient (Wildman–Crippen LogP) is 2.49. The third-order valence-corrected chi connectivity index (χ3v) is 2.58. The van der Waals surface area contributed by atoms with Gasteiger partial charge in [-0.2, -0.15) is 0 Å². The van der Waals surface area contributed by atoms with Crippen LogP contribution in [0.5, 0.6) is 0 Å². The number of aliphatic hydroxyl groups is 1. The fourth-order valence-electron chi connectivity index (χ4n) is 1.16. The zero-order valence-corrected chi connectivity index (χ0v) is 9.15. The molecule has 2 heterocycles. The first-order valence-corrected chi connectivity index (χ1v) is 4.97. The maximum Gasteiger partial charge on any atom is 0.150 e. The average Bonchev–Trinajstić information content (AvgIpc) is 2.49. The zero-order valence-electron chi connectivity index (χ0n) is 6.99. The smallest absolute Gasteiger partial charge is 0.150 e. The van der Waals surface area contributed by atoms with Gasteiger partial charge in [0.05, 0.1) is 3.57 Å².